The first-order valence-electron chi connectivity index (χ1n) is 7.64. The highest BCUT2D eigenvalue weighted by Crippen LogP contribution is 2.31. The van der Waals surface area contributed by atoms with Crippen molar-refractivity contribution in [3.8, 4) is 0 Å². The molecule has 1 amide bonds. The molecule has 2 aliphatic rings. The van der Waals surface area contributed by atoms with Gasteiger partial charge in [-0.2, -0.15) is 0 Å². The summed E-state index contributed by atoms with van der Waals surface area (Å²) in [6.07, 6.45) is 1.92. The van der Waals surface area contributed by atoms with Gasteiger partial charge in [0.1, 0.15) is 17.8 Å². The van der Waals surface area contributed by atoms with Crippen molar-refractivity contribution in [3.05, 3.63) is 12.2 Å². The Kier molecular flexibility index (Phi) is 5.55. The fourth-order valence-electron chi connectivity index (χ4n) is 2.82. The van der Waals surface area contributed by atoms with Crippen molar-refractivity contribution in [1.29, 1.82) is 0 Å². The summed E-state index contributed by atoms with van der Waals surface area (Å²) in [4.78, 5) is 23.9. The minimum atomic E-state index is -1.86. The predicted molar refractivity (Wildman–Crippen MR) is 76.7 cm³/mol. The van der Waals surface area contributed by atoms with Crippen molar-refractivity contribution in [2.24, 2.45) is 0 Å². The van der Waals surface area contributed by atoms with Crippen molar-refractivity contribution in [1.82, 2.24) is 5.32 Å². The lowest BCUT2D eigenvalue weighted by Gasteiger charge is -2.40. The molecule has 1 aliphatic carbocycles. The largest absolute Gasteiger partial charge is 0.459 e. The van der Waals surface area contributed by atoms with Gasteiger partial charge < -0.3 is 25.4 Å². The van der Waals surface area contributed by atoms with E-state index in [0.717, 1.165) is 12.8 Å². The quantitative estimate of drug-likeness (QED) is 0.350. The number of aliphatic hydroxyl groups is 3. The zero-order chi connectivity index (χ0) is 16.2. The van der Waals surface area contributed by atoms with Crippen LogP contribution in [-0.2, 0) is 14.3 Å². The highest BCUT2D eigenvalue weighted by atomic mass is 16.6. The second-order valence-corrected chi connectivity index (χ2v) is 5.95. The molecule has 7 heteroatoms. The van der Waals surface area contributed by atoms with Crippen LogP contribution in [0.15, 0.2) is 12.2 Å². The lowest BCUT2D eigenvalue weighted by molar-refractivity contribution is -0.190. The van der Waals surface area contributed by atoms with E-state index in [1.807, 2.05) is 6.08 Å². The Balaban J connectivity index is 2.17. The highest BCUT2D eigenvalue weighted by molar-refractivity contribution is 5.85. The molecule has 22 heavy (non-hydrogen) atoms. The highest BCUT2D eigenvalue weighted by Gasteiger charge is 2.50. The molecule has 0 aromatic heterocycles. The maximum Gasteiger partial charge on any atom is 0.306 e. The van der Waals surface area contributed by atoms with Crippen LogP contribution in [0.3, 0.4) is 0 Å². The Morgan fingerprint density at radius 3 is 2.73 bits per heavy atom. The van der Waals surface area contributed by atoms with Gasteiger partial charge in [0, 0.05) is 25.8 Å². The standard InChI is InChI=1S/C15H23NO6/c17-10-8-15(21)9-11(13(10)19)22-12(18)6-4-2-1-3-5-7-16-14(15)20/h3,5,10-11,13,17,19,21H,1-2,4,6-9H2,(H,16,20)/t10-,11-,13-,15+/m1/s1. The zero-order valence-electron chi connectivity index (χ0n) is 12.4. The SMILES string of the molecule is O=C1CCCCC=CCNC(=O)[C@]2(O)C[C@@H](O)[C@@H](O)[C@@H](C2)O1. The minimum absolute atomic E-state index is 0.206. The number of hydrogen-bond donors (Lipinski definition) is 4. The summed E-state index contributed by atoms with van der Waals surface area (Å²) in [5, 5.41) is 32.8. The molecule has 0 aromatic rings. The van der Waals surface area contributed by atoms with Crippen LogP contribution in [0.4, 0.5) is 0 Å². The summed E-state index contributed by atoms with van der Waals surface area (Å²) in [7, 11) is 0. The average molecular weight is 313 g/mol. The summed E-state index contributed by atoms with van der Waals surface area (Å²) in [6.45, 7) is 0.282. The van der Waals surface area contributed by atoms with E-state index in [1.54, 1.807) is 6.08 Å². The summed E-state index contributed by atoms with van der Waals surface area (Å²) in [5.74, 6) is -1.14. The Hall–Kier alpha value is -1.44. The molecule has 2 rings (SSSR count). The molecule has 0 unspecified atom stereocenters. The number of esters is 1. The molecule has 1 heterocycles. The molecule has 0 radical (unpaired) electrons. The van der Waals surface area contributed by atoms with Crippen molar-refractivity contribution in [3.63, 3.8) is 0 Å². The maximum absolute atomic E-state index is 12.1. The van der Waals surface area contributed by atoms with E-state index in [4.69, 9.17) is 4.74 Å². The molecule has 4 N–H and O–H groups in total. The molecule has 1 aliphatic heterocycles. The molecular formula is C15H23NO6. The number of ether oxygens (including phenoxy) is 1. The molecule has 1 fully saturated rings. The molecule has 0 spiro atoms. The molecular weight excluding hydrogens is 290 g/mol. The third-order valence-corrected chi connectivity index (χ3v) is 4.12. The Labute approximate surface area is 129 Å². The number of carbonyl (C=O) groups is 2. The van der Waals surface area contributed by atoms with Crippen molar-refractivity contribution in [2.75, 3.05) is 6.54 Å². The number of amides is 1. The number of fused-ring (bicyclic) bond motifs is 2. The second kappa shape index (κ2) is 7.21. The van der Waals surface area contributed by atoms with E-state index in [1.165, 1.54) is 0 Å². The Bertz CT molecular complexity index is 451. The molecule has 7 nitrogen and oxygen atoms in total. The van der Waals surface area contributed by atoms with E-state index in [-0.39, 0.29) is 25.8 Å². The molecule has 0 aromatic carbocycles. The summed E-state index contributed by atoms with van der Waals surface area (Å²) in [6, 6.07) is 0. The first kappa shape index (κ1) is 16.9. The molecule has 2 bridgehead atoms. The third-order valence-electron chi connectivity index (χ3n) is 4.12. The van der Waals surface area contributed by atoms with Crippen LogP contribution in [0.5, 0.6) is 0 Å². The monoisotopic (exact) mass is 313 g/mol. The number of rotatable bonds is 0. The van der Waals surface area contributed by atoms with E-state index < -0.39 is 35.8 Å². The molecule has 0 saturated heterocycles. The third kappa shape index (κ3) is 4.06. The van der Waals surface area contributed by atoms with Gasteiger partial charge in [0.05, 0.1) is 6.10 Å². The first-order chi connectivity index (χ1) is 10.4. The van der Waals surface area contributed by atoms with Gasteiger partial charge in [-0.25, -0.2) is 0 Å². The minimum Gasteiger partial charge on any atom is -0.459 e. The van der Waals surface area contributed by atoms with Gasteiger partial charge in [0.2, 0.25) is 0 Å². The van der Waals surface area contributed by atoms with Crippen LogP contribution < -0.4 is 5.32 Å². The van der Waals surface area contributed by atoms with E-state index in [0.29, 0.717) is 6.42 Å². The predicted octanol–water partition coefficient (Wildman–Crippen LogP) is -0.609. The Morgan fingerprint density at radius 1 is 1.18 bits per heavy atom. The fraction of sp³-hybridized carbons (Fsp3) is 0.733. The van der Waals surface area contributed by atoms with Crippen molar-refractivity contribution < 1.29 is 29.6 Å². The second-order valence-electron chi connectivity index (χ2n) is 5.95. The molecule has 1 saturated carbocycles. The van der Waals surface area contributed by atoms with Crippen LogP contribution in [0.1, 0.15) is 38.5 Å². The van der Waals surface area contributed by atoms with Gasteiger partial charge in [-0.05, 0) is 19.3 Å². The van der Waals surface area contributed by atoms with E-state index >= 15 is 0 Å². The van der Waals surface area contributed by atoms with Crippen molar-refractivity contribution in [2.45, 2.75) is 62.4 Å². The smallest absolute Gasteiger partial charge is 0.306 e. The fourth-order valence-corrected chi connectivity index (χ4v) is 2.82. The van der Waals surface area contributed by atoms with Gasteiger partial charge in [-0.1, -0.05) is 12.2 Å². The van der Waals surface area contributed by atoms with Gasteiger partial charge in [0.15, 0.2) is 0 Å². The topological polar surface area (TPSA) is 116 Å². The van der Waals surface area contributed by atoms with E-state index in [2.05, 4.69) is 5.32 Å². The number of carbonyl (C=O) groups excluding carboxylic acids is 2. The van der Waals surface area contributed by atoms with E-state index in [9.17, 15) is 24.9 Å². The van der Waals surface area contributed by atoms with Gasteiger partial charge in [-0.15, -0.1) is 0 Å². The van der Waals surface area contributed by atoms with Gasteiger partial charge in [0.25, 0.3) is 5.91 Å². The lowest BCUT2D eigenvalue weighted by Crippen LogP contribution is -2.59. The lowest BCUT2D eigenvalue weighted by atomic mass is 9.79. The van der Waals surface area contributed by atoms with Crippen LogP contribution in [-0.4, -0.2) is 57.7 Å². The summed E-state index contributed by atoms with van der Waals surface area (Å²) < 4.78 is 5.16. The van der Waals surface area contributed by atoms with Crippen LogP contribution in [0, 0.1) is 0 Å². The first-order valence-corrected chi connectivity index (χ1v) is 7.64. The number of aliphatic hydroxyl groups excluding tert-OH is 2. The summed E-state index contributed by atoms with van der Waals surface area (Å²) in [5.41, 5.74) is -1.86. The number of hydrogen-bond acceptors (Lipinski definition) is 6. The van der Waals surface area contributed by atoms with Crippen molar-refractivity contribution >= 4 is 11.9 Å². The normalized spacial score (nSPS) is 37.9. The summed E-state index contributed by atoms with van der Waals surface area (Å²) >= 11 is 0. The molecule has 4 atom stereocenters. The number of allylic oxidation sites excluding steroid dienone is 1. The van der Waals surface area contributed by atoms with Crippen LogP contribution >= 0.6 is 0 Å². The molecule has 124 valence electrons. The maximum atomic E-state index is 12.1. The van der Waals surface area contributed by atoms with Gasteiger partial charge in [-0.3, -0.25) is 9.59 Å². The average Bonchev–Trinajstić information content (AvgIpc) is 2.46. The Morgan fingerprint density at radius 2 is 1.95 bits per heavy atom. The van der Waals surface area contributed by atoms with Crippen LogP contribution in [0.2, 0.25) is 0 Å². The number of nitrogens with one attached hydrogen (secondary N) is 1. The zero-order valence-corrected chi connectivity index (χ0v) is 12.4. The van der Waals surface area contributed by atoms with Crippen LogP contribution in [0.25, 0.3) is 0 Å². The van der Waals surface area contributed by atoms with Gasteiger partial charge >= 0.3 is 5.97 Å².